The third-order valence-electron chi connectivity index (χ3n) is 1.94. The maximum Gasteiger partial charge on any atom is 0.127 e. The number of anilines is 1. The average Bonchev–Trinajstić information content (AvgIpc) is 2.07. The Labute approximate surface area is 84.4 Å². The quantitative estimate of drug-likeness (QED) is 0.733. The second kappa shape index (κ2) is 4.93. The Morgan fingerprint density at radius 1 is 1.64 bits per heavy atom. The van der Waals surface area contributed by atoms with Crippen molar-refractivity contribution >= 4 is 5.82 Å². The van der Waals surface area contributed by atoms with Crippen LogP contribution in [0.25, 0.3) is 0 Å². The Balaban J connectivity index is 2.56. The third kappa shape index (κ3) is 3.32. The van der Waals surface area contributed by atoms with Crippen LogP contribution in [-0.4, -0.2) is 34.7 Å². The van der Waals surface area contributed by atoms with E-state index in [2.05, 4.69) is 4.98 Å². The van der Waals surface area contributed by atoms with E-state index in [1.807, 2.05) is 24.1 Å². The summed E-state index contributed by atoms with van der Waals surface area (Å²) in [6.45, 7) is 3.11. The van der Waals surface area contributed by atoms with Gasteiger partial charge in [-0.1, -0.05) is 6.07 Å². The van der Waals surface area contributed by atoms with Gasteiger partial charge in [-0.2, -0.15) is 0 Å². The fourth-order valence-electron chi connectivity index (χ4n) is 1.39. The number of nitrogen functional groups attached to an aromatic ring is 1. The molecule has 0 aliphatic rings. The van der Waals surface area contributed by atoms with Crippen LogP contribution in [-0.2, 0) is 6.54 Å². The molecule has 0 amide bonds. The first-order valence-electron chi connectivity index (χ1n) is 4.65. The maximum absolute atomic E-state index is 9.18. The van der Waals surface area contributed by atoms with Gasteiger partial charge in [0.1, 0.15) is 5.82 Å². The van der Waals surface area contributed by atoms with Crippen molar-refractivity contribution in [2.45, 2.75) is 19.6 Å². The number of nitrogens with zero attached hydrogens (tertiary/aromatic N) is 2. The van der Waals surface area contributed by atoms with Crippen molar-refractivity contribution in [1.82, 2.24) is 9.88 Å². The number of hydrogen-bond acceptors (Lipinski definition) is 4. The number of aliphatic hydroxyl groups excluding tert-OH is 1. The van der Waals surface area contributed by atoms with E-state index in [1.165, 1.54) is 0 Å². The fraction of sp³-hybridized carbons (Fsp3) is 0.500. The third-order valence-corrected chi connectivity index (χ3v) is 1.94. The summed E-state index contributed by atoms with van der Waals surface area (Å²) in [5.74, 6) is 0.560. The molecule has 0 aliphatic carbocycles. The topological polar surface area (TPSA) is 62.4 Å². The number of hydrogen-bond donors (Lipinski definition) is 2. The van der Waals surface area contributed by atoms with Crippen LogP contribution >= 0.6 is 0 Å². The molecular formula is C10H17N3O. The van der Waals surface area contributed by atoms with Crippen LogP contribution in [0.4, 0.5) is 5.82 Å². The van der Waals surface area contributed by atoms with Gasteiger partial charge >= 0.3 is 0 Å². The lowest BCUT2D eigenvalue weighted by molar-refractivity contribution is 0.138. The highest BCUT2D eigenvalue weighted by atomic mass is 16.3. The maximum atomic E-state index is 9.18. The zero-order valence-electron chi connectivity index (χ0n) is 8.64. The molecule has 1 unspecified atom stereocenters. The lowest BCUT2D eigenvalue weighted by atomic mass is 10.2. The molecule has 0 bridgehead atoms. The summed E-state index contributed by atoms with van der Waals surface area (Å²) in [5, 5.41) is 9.18. The monoisotopic (exact) mass is 195 g/mol. The minimum absolute atomic E-state index is 0.321. The predicted molar refractivity (Wildman–Crippen MR) is 56.7 cm³/mol. The molecule has 0 aromatic carbocycles. The second-order valence-electron chi connectivity index (χ2n) is 3.59. The molecule has 0 radical (unpaired) electrons. The van der Waals surface area contributed by atoms with E-state index >= 15 is 0 Å². The van der Waals surface area contributed by atoms with Crippen molar-refractivity contribution in [3.8, 4) is 0 Å². The molecule has 1 aromatic heterocycles. The van der Waals surface area contributed by atoms with E-state index in [1.54, 1.807) is 13.1 Å². The normalized spacial score (nSPS) is 13.1. The highest BCUT2D eigenvalue weighted by Crippen LogP contribution is 2.09. The molecule has 0 saturated carbocycles. The van der Waals surface area contributed by atoms with Gasteiger partial charge in [0, 0.05) is 24.8 Å². The zero-order valence-corrected chi connectivity index (χ0v) is 8.64. The lowest BCUT2D eigenvalue weighted by Gasteiger charge is -2.18. The molecule has 78 valence electrons. The molecule has 0 fully saturated rings. The Kier molecular flexibility index (Phi) is 3.85. The van der Waals surface area contributed by atoms with Crippen LogP contribution in [0.3, 0.4) is 0 Å². The Morgan fingerprint density at radius 3 is 2.93 bits per heavy atom. The Morgan fingerprint density at radius 2 is 2.36 bits per heavy atom. The zero-order chi connectivity index (χ0) is 10.6. The van der Waals surface area contributed by atoms with Gasteiger partial charge in [0.2, 0.25) is 0 Å². The van der Waals surface area contributed by atoms with Crippen LogP contribution in [0, 0.1) is 0 Å². The van der Waals surface area contributed by atoms with E-state index in [-0.39, 0.29) is 6.10 Å². The molecule has 3 N–H and O–H groups in total. The number of pyridine rings is 1. The predicted octanol–water partition coefficient (Wildman–Crippen LogP) is 0.476. The van der Waals surface area contributed by atoms with Crippen molar-refractivity contribution < 1.29 is 5.11 Å². The van der Waals surface area contributed by atoms with Crippen LogP contribution in [0.5, 0.6) is 0 Å². The van der Waals surface area contributed by atoms with Crippen LogP contribution in [0.1, 0.15) is 12.5 Å². The van der Waals surface area contributed by atoms with Crippen LogP contribution < -0.4 is 5.73 Å². The molecule has 1 aromatic rings. The molecule has 4 heteroatoms. The molecule has 0 spiro atoms. The Bertz CT molecular complexity index is 288. The SMILES string of the molecule is CC(O)CN(C)Cc1cccnc1N. The minimum Gasteiger partial charge on any atom is -0.392 e. The van der Waals surface area contributed by atoms with Gasteiger partial charge in [-0.25, -0.2) is 4.98 Å². The van der Waals surface area contributed by atoms with Gasteiger partial charge < -0.3 is 10.8 Å². The van der Waals surface area contributed by atoms with E-state index in [4.69, 9.17) is 5.73 Å². The van der Waals surface area contributed by atoms with Gasteiger partial charge in [0.05, 0.1) is 6.10 Å². The molecule has 0 saturated heterocycles. The van der Waals surface area contributed by atoms with Crippen LogP contribution in [0.15, 0.2) is 18.3 Å². The molecule has 1 heterocycles. The van der Waals surface area contributed by atoms with E-state index in [9.17, 15) is 5.11 Å². The summed E-state index contributed by atoms with van der Waals surface area (Å²) in [4.78, 5) is 6.01. The summed E-state index contributed by atoms with van der Waals surface area (Å²) < 4.78 is 0. The first-order chi connectivity index (χ1) is 6.59. The van der Waals surface area contributed by atoms with Crippen molar-refractivity contribution in [3.05, 3.63) is 23.9 Å². The van der Waals surface area contributed by atoms with Crippen molar-refractivity contribution in [2.75, 3.05) is 19.3 Å². The number of aromatic nitrogens is 1. The number of rotatable bonds is 4. The number of likely N-dealkylation sites (N-methyl/N-ethyl adjacent to an activating group) is 1. The smallest absolute Gasteiger partial charge is 0.127 e. The van der Waals surface area contributed by atoms with E-state index in [0.717, 1.165) is 5.56 Å². The summed E-state index contributed by atoms with van der Waals surface area (Å²) >= 11 is 0. The molecule has 14 heavy (non-hydrogen) atoms. The summed E-state index contributed by atoms with van der Waals surface area (Å²) in [7, 11) is 1.94. The lowest BCUT2D eigenvalue weighted by Crippen LogP contribution is -2.27. The van der Waals surface area contributed by atoms with Gasteiger partial charge in [-0.3, -0.25) is 4.90 Å². The van der Waals surface area contributed by atoms with Gasteiger partial charge in [0.15, 0.2) is 0 Å². The Hall–Kier alpha value is -1.13. The summed E-state index contributed by atoms with van der Waals surface area (Å²) in [6.07, 6.45) is 1.35. The van der Waals surface area contributed by atoms with E-state index < -0.39 is 0 Å². The van der Waals surface area contributed by atoms with E-state index in [0.29, 0.717) is 18.9 Å². The van der Waals surface area contributed by atoms with Gasteiger partial charge in [-0.05, 0) is 20.0 Å². The van der Waals surface area contributed by atoms with Crippen molar-refractivity contribution in [1.29, 1.82) is 0 Å². The number of nitrogens with two attached hydrogens (primary N) is 1. The first-order valence-corrected chi connectivity index (χ1v) is 4.65. The molecule has 1 atom stereocenters. The molecule has 0 aliphatic heterocycles. The standard InChI is InChI=1S/C10H17N3O/c1-8(14)6-13(2)7-9-4-3-5-12-10(9)11/h3-5,8,14H,6-7H2,1-2H3,(H2,11,12). The van der Waals surface area contributed by atoms with Gasteiger partial charge in [0.25, 0.3) is 0 Å². The first kappa shape index (κ1) is 10.9. The fourth-order valence-corrected chi connectivity index (χ4v) is 1.39. The highest BCUT2D eigenvalue weighted by Gasteiger charge is 2.05. The van der Waals surface area contributed by atoms with Gasteiger partial charge in [-0.15, -0.1) is 0 Å². The average molecular weight is 195 g/mol. The molecule has 4 nitrogen and oxygen atoms in total. The minimum atomic E-state index is -0.321. The molecular weight excluding hydrogens is 178 g/mol. The summed E-state index contributed by atoms with van der Waals surface area (Å²) in [6, 6.07) is 3.81. The second-order valence-corrected chi connectivity index (χ2v) is 3.59. The molecule has 1 rings (SSSR count). The summed E-state index contributed by atoms with van der Waals surface area (Å²) in [5.41, 5.74) is 6.70. The highest BCUT2D eigenvalue weighted by molar-refractivity contribution is 5.38. The van der Waals surface area contributed by atoms with Crippen molar-refractivity contribution in [3.63, 3.8) is 0 Å². The van der Waals surface area contributed by atoms with Crippen LogP contribution in [0.2, 0.25) is 0 Å². The van der Waals surface area contributed by atoms with Crippen molar-refractivity contribution in [2.24, 2.45) is 0 Å². The largest absolute Gasteiger partial charge is 0.392 e. The number of aliphatic hydroxyl groups is 1.